The van der Waals surface area contributed by atoms with Crippen LogP contribution in [0.4, 0.5) is 0 Å². The van der Waals surface area contributed by atoms with Gasteiger partial charge in [0.05, 0.1) is 12.7 Å². The number of carbonyl (C=O) groups is 2. The standard InChI is InChI=1S/C16H19NO4/c1-10(2)16(21-4)13(15(19)20-3)12(14(18)17-16)11-8-6-5-7-9-11/h5-10H,1-4H3,(H,17,18). The summed E-state index contributed by atoms with van der Waals surface area (Å²) in [6.07, 6.45) is 0. The zero-order valence-corrected chi connectivity index (χ0v) is 12.6. The summed E-state index contributed by atoms with van der Waals surface area (Å²) in [5, 5.41) is 2.79. The second-order valence-electron chi connectivity index (χ2n) is 5.16. The van der Waals surface area contributed by atoms with Gasteiger partial charge in [0.15, 0.2) is 5.72 Å². The van der Waals surface area contributed by atoms with Crippen molar-refractivity contribution in [1.82, 2.24) is 5.32 Å². The second kappa shape index (κ2) is 5.69. The number of rotatable bonds is 4. The van der Waals surface area contributed by atoms with E-state index >= 15 is 0 Å². The van der Waals surface area contributed by atoms with Crippen molar-refractivity contribution < 1.29 is 19.1 Å². The van der Waals surface area contributed by atoms with Crippen LogP contribution in [0, 0.1) is 5.92 Å². The van der Waals surface area contributed by atoms with Gasteiger partial charge in [-0.3, -0.25) is 4.79 Å². The number of esters is 1. The van der Waals surface area contributed by atoms with Crippen LogP contribution in [0.3, 0.4) is 0 Å². The molecule has 1 aromatic carbocycles. The molecule has 1 N–H and O–H groups in total. The van der Waals surface area contributed by atoms with Crippen molar-refractivity contribution in [2.75, 3.05) is 14.2 Å². The molecule has 0 radical (unpaired) electrons. The molecule has 0 aromatic heterocycles. The molecule has 0 saturated heterocycles. The van der Waals surface area contributed by atoms with Crippen molar-refractivity contribution in [2.24, 2.45) is 5.92 Å². The molecular formula is C16H19NO4. The molecule has 1 heterocycles. The van der Waals surface area contributed by atoms with Crippen molar-refractivity contribution in [2.45, 2.75) is 19.6 Å². The fourth-order valence-electron chi connectivity index (χ4n) is 2.65. The topological polar surface area (TPSA) is 64.6 Å². The Balaban J connectivity index is 2.73. The molecule has 1 aromatic rings. The van der Waals surface area contributed by atoms with Crippen LogP contribution in [-0.2, 0) is 19.1 Å². The Kier molecular flexibility index (Phi) is 4.14. The molecule has 0 saturated carbocycles. The molecular weight excluding hydrogens is 270 g/mol. The van der Waals surface area contributed by atoms with E-state index in [4.69, 9.17) is 9.47 Å². The van der Waals surface area contributed by atoms with E-state index in [2.05, 4.69) is 5.32 Å². The zero-order valence-electron chi connectivity index (χ0n) is 12.6. The maximum Gasteiger partial charge on any atom is 0.339 e. The van der Waals surface area contributed by atoms with Gasteiger partial charge < -0.3 is 14.8 Å². The summed E-state index contributed by atoms with van der Waals surface area (Å²) < 4.78 is 10.4. The van der Waals surface area contributed by atoms with Gasteiger partial charge in [-0.05, 0) is 5.56 Å². The number of nitrogens with one attached hydrogen (secondary N) is 1. The third kappa shape index (κ3) is 2.34. The smallest absolute Gasteiger partial charge is 0.339 e. The Morgan fingerprint density at radius 1 is 1.19 bits per heavy atom. The van der Waals surface area contributed by atoms with Gasteiger partial charge in [0, 0.05) is 13.0 Å². The Morgan fingerprint density at radius 3 is 2.29 bits per heavy atom. The number of hydrogen-bond acceptors (Lipinski definition) is 4. The maximum atomic E-state index is 12.4. The third-order valence-corrected chi connectivity index (χ3v) is 3.73. The molecule has 2 rings (SSSR count). The summed E-state index contributed by atoms with van der Waals surface area (Å²) in [6.45, 7) is 3.75. The normalized spacial score (nSPS) is 21.7. The van der Waals surface area contributed by atoms with E-state index in [1.165, 1.54) is 14.2 Å². The predicted molar refractivity (Wildman–Crippen MR) is 78.1 cm³/mol. The molecule has 1 atom stereocenters. The lowest BCUT2D eigenvalue weighted by molar-refractivity contribution is -0.141. The van der Waals surface area contributed by atoms with Crippen molar-refractivity contribution in [3.63, 3.8) is 0 Å². The van der Waals surface area contributed by atoms with Crippen molar-refractivity contribution in [3.8, 4) is 0 Å². The number of amides is 1. The SMILES string of the molecule is COC(=O)C1=C(c2ccccc2)C(=O)NC1(OC)C(C)C. The second-order valence-corrected chi connectivity index (χ2v) is 5.16. The van der Waals surface area contributed by atoms with Gasteiger partial charge in [-0.25, -0.2) is 4.79 Å². The number of ether oxygens (including phenoxy) is 2. The van der Waals surface area contributed by atoms with Gasteiger partial charge in [-0.2, -0.15) is 0 Å². The average molecular weight is 289 g/mol. The van der Waals surface area contributed by atoms with Crippen LogP contribution >= 0.6 is 0 Å². The summed E-state index contributed by atoms with van der Waals surface area (Å²) in [5.74, 6) is -1.04. The summed E-state index contributed by atoms with van der Waals surface area (Å²) in [5.41, 5.74) is 0.0155. The maximum absolute atomic E-state index is 12.4. The monoisotopic (exact) mass is 289 g/mol. The first-order valence-corrected chi connectivity index (χ1v) is 6.74. The molecule has 0 aliphatic carbocycles. The summed E-state index contributed by atoms with van der Waals surface area (Å²) in [4.78, 5) is 24.7. The van der Waals surface area contributed by atoms with Crippen LogP contribution in [0.5, 0.6) is 0 Å². The lowest BCUT2D eigenvalue weighted by Crippen LogP contribution is -2.52. The van der Waals surface area contributed by atoms with Crippen LogP contribution in [-0.4, -0.2) is 31.8 Å². The quantitative estimate of drug-likeness (QED) is 0.858. The lowest BCUT2D eigenvalue weighted by Gasteiger charge is -2.33. The number of carbonyl (C=O) groups excluding carboxylic acids is 2. The van der Waals surface area contributed by atoms with E-state index in [-0.39, 0.29) is 17.4 Å². The highest BCUT2D eigenvalue weighted by Crippen LogP contribution is 2.39. The fourth-order valence-corrected chi connectivity index (χ4v) is 2.65. The first-order chi connectivity index (χ1) is 9.97. The Morgan fingerprint density at radius 2 is 1.81 bits per heavy atom. The number of benzene rings is 1. The molecule has 5 nitrogen and oxygen atoms in total. The van der Waals surface area contributed by atoms with Gasteiger partial charge in [-0.1, -0.05) is 44.2 Å². The minimum Gasteiger partial charge on any atom is -0.466 e. The molecule has 112 valence electrons. The van der Waals surface area contributed by atoms with E-state index in [1.54, 1.807) is 12.1 Å². The average Bonchev–Trinajstić information content (AvgIpc) is 2.81. The van der Waals surface area contributed by atoms with Crippen LogP contribution in [0.1, 0.15) is 19.4 Å². The molecule has 0 fully saturated rings. The van der Waals surface area contributed by atoms with E-state index < -0.39 is 11.7 Å². The van der Waals surface area contributed by atoms with Gasteiger partial charge in [0.1, 0.15) is 5.57 Å². The zero-order chi connectivity index (χ0) is 15.6. The first-order valence-electron chi connectivity index (χ1n) is 6.74. The van der Waals surface area contributed by atoms with Crippen molar-refractivity contribution in [3.05, 3.63) is 41.5 Å². The minimum atomic E-state index is -1.17. The highest BCUT2D eigenvalue weighted by molar-refractivity contribution is 6.29. The van der Waals surface area contributed by atoms with E-state index in [1.807, 2.05) is 32.0 Å². The lowest BCUT2D eigenvalue weighted by atomic mass is 9.89. The largest absolute Gasteiger partial charge is 0.466 e. The molecule has 0 spiro atoms. The Labute approximate surface area is 123 Å². The molecule has 1 amide bonds. The van der Waals surface area contributed by atoms with E-state index in [0.29, 0.717) is 11.1 Å². The van der Waals surface area contributed by atoms with Gasteiger partial charge in [0.25, 0.3) is 5.91 Å². The molecule has 1 aliphatic heterocycles. The third-order valence-electron chi connectivity index (χ3n) is 3.73. The molecule has 21 heavy (non-hydrogen) atoms. The highest BCUT2D eigenvalue weighted by Gasteiger charge is 2.51. The highest BCUT2D eigenvalue weighted by atomic mass is 16.5. The van der Waals surface area contributed by atoms with E-state index in [9.17, 15) is 9.59 Å². The Bertz CT molecular complexity index is 592. The van der Waals surface area contributed by atoms with Crippen molar-refractivity contribution >= 4 is 17.4 Å². The first kappa shape index (κ1) is 15.3. The minimum absolute atomic E-state index is 0.137. The van der Waals surface area contributed by atoms with Gasteiger partial charge in [0.2, 0.25) is 0 Å². The van der Waals surface area contributed by atoms with E-state index in [0.717, 1.165) is 0 Å². The number of methoxy groups -OCH3 is 2. The Hall–Kier alpha value is -2.14. The molecule has 5 heteroatoms. The molecule has 1 aliphatic rings. The van der Waals surface area contributed by atoms with Gasteiger partial charge in [-0.15, -0.1) is 0 Å². The van der Waals surface area contributed by atoms with Gasteiger partial charge >= 0.3 is 5.97 Å². The number of hydrogen-bond donors (Lipinski definition) is 1. The molecule has 1 unspecified atom stereocenters. The summed E-state index contributed by atoms with van der Waals surface area (Å²) in [7, 11) is 2.76. The van der Waals surface area contributed by atoms with Crippen molar-refractivity contribution in [1.29, 1.82) is 0 Å². The fraction of sp³-hybridized carbons (Fsp3) is 0.375. The van der Waals surface area contributed by atoms with Crippen LogP contribution in [0.15, 0.2) is 35.9 Å². The molecule has 0 bridgehead atoms. The van der Waals surface area contributed by atoms with Crippen LogP contribution in [0.2, 0.25) is 0 Å². The van der Waals surface area contributed by atoms with Crippen LogP contribution in [0.25, 0.3) is 5.57 Å². The summed E-state index contributed by atoms with van der Waals surface area (Å²) in [6, 6.07) is 9.04. The summed E-state index contributed by atoms with van der Waals surface area (Å²) >= 11 is 0. The van der Waals surface area contributed by atoms with Crippen LogP contribution < -0.4 is 5.32 Å². The predicted octanol–water partition coefficient (Wildman–Crippen LogP) is 1.74.